The van der Waals surface area contributed by atoms with Gasteiger partial charge in [-0.15, -0.1) is 0 Å². The van der Waals surface area contributed by atoms with Gasteiger partial charge < -0.3 is 15.3 Å². The number of carbonyl (C=O) groups excluding carboxylic acids is 2. The zero-order chi connectivity index (χ0) is 29.4. The van der Waals surface area contributed by atoms with Gasteiger partial charge in [-0.1, -0.05) is 60.7 Å². The maximum absolute atomic E-state index is 14.1. The Balaban J connectivity index is 1.62. The maximum atomic E-state index is 14.1. The number of halogens is 2. The molecular formula is C33H30F2N2O4. The first-order valence-electron chi connectivity index (χ1n) is 13.2. The number of aliphatic carboxylic acids is 1. The van der Waals surface area contributed by atoms with Gasteiger partial charge in [0.15, 0.2) is 0 Å². The smallest absolute Gasteiger partial charge is 0.305 e. The van der Waals surface area contributed by atoms with Crippen molar-refractivity contribution in [2.24, 2.45) is 0 Å². The van der Waals surface area contributed by atoms with Crippen LogP contribution in [0.3, 0.4) is 0 Å². The zero-order valence-corrected chi connectivity index (χ0v) is 22.6. The van der Waals surface area contributed by atoms with Crippen molar-refractivity contribution in [2.75, 3.05) is 13.1 Å². The van der Waals surface area contributed by atoms with Crippen LogP contribution in [0.15, 0.2) is 91.0 Å². The molecule has 0 aliphatic carbocycles. The monoisotopic (exact) mass is 556 g/mol. The van der Waals surface area contributed by atoms with Gasteiger partial charge in [0.25, 0.3) is 11.8 Å². The van der Waals surface area contributed by atoms with Crippen molar-refractivity contribution in [3.05, 3.63) is 130 Å². The molecule has 0 radical (unpaired) electrons. The Morgan fingerprint density at radius 1 is 0.780 bits per heavy atom. The molecule has 0 bridgehead atoms. The van der Waals surface area contributed by atoms with Gasteiger partial charge in [0, 0.05) is 36.3 Å². The Morgan fingerprint density at radius 3 is 2.12 bits per heavy atom. The highest BCUT2D eigenvalue weighted by Crippen LogP contribution is 2.29. The predicted molar refractivity (Wildman–Crippen MR) is 152 cm³/mol. The largest absolute Gasteiger partial charge is 0.481 e. The molecule has 2 N–H and O–H groups in total. The molecule has 0 saturated heterocycles. The van der Waals surface area contributed by atoms with Crippen LogP contribution in [0.4, 0.5) is 8.78 Å². The number of hydrogen-bond donors (Lipinski definition) is 2. The van der Waals surface area contributed by atoms with Crippen LogP contribution in [0.2, 0.25) is 0 Å². The van der Waals surface area contributed by atoms with Gasteiger partial charge in [-0.05, 0) is 65.9 Å². The van der Waals surface area contributed by atoms with Crippen molar-refractivity contribution in [1.29, 1.82) is 0 Å². The van der Waals surface area contributed by atoms with E-state index in [4.69, 9.17) is 0 Å². The molecule has 4 aromatic rings. The molecule has 0 aliphatic heterocycles. The third-order valence-electron chi connectivity index (χ3n) is 6.86. The van der Waals surface area contributed by atoms with Gasteiger partial charge in [-0.3, -0.25) is 14.4 Å². The molecule has 0 heterocycles. The van der Waals surface area contributed by atoms with E-state index in [9.17, 15) is 28.3 Å². The van der Waals surface area contributed by atoms with Crippen LogP contribution >= 0.6 is 0 Å². The number of aryl methyl sites for hydroxylation is 1. The summed E-state index contributed by atoms with van der Waals surface area (Å²) in [6.45, 7) is 2.10. The number of carboxylic acid groups (broad SMARTS) is 1. The highest BCUT2D eigenvalue weighted by molar-refractivity contribution is 6.06. The standard InChI is InChI=1S/C33H30F2N2O4/c1-22-8-2-3-9-23(22)16-18-37(19-17-31(38)39)33(41)29-13-7-5-11-27(29)26-10-4-6-12-28(26)32(40)36-21-24-20-25(34)14-15-30(24)35/h2-15,20H,16-19,21H2,1H3,(H,36,40)(H,38,39). The molecule has 0 unspecified atom stereocenters. The summed E-state index contributed by atoms with van der Waals surface area (Å²) in [7, 11) is 0. The second-order valence-electron chi connectivity index (χ2n) is 9.62. The molecule has 6 nitrogen and oxygen atoms in total. The number of amides is 2. The first-order valence-corrected chi connectivity index (χ1v) is 13.2. The van der Waals surface area contributed by atoms with Crippen LogP contribution in [0.1, 0.15) is 43.8 Å². The van der Waals surface area contributed by atoms with E-state index in [1.165, 1.54) is 4.90 Å². The molecule has 0 saturated carbocycles. The fraction of sp³-hybridized carbons (Fsp3) is 0.182. The van der Waals surface area contributed by atoms with Crippen molar-refractivity contribution < 1.29 is 28.3 Å². The highest BCUT2D eigenvalue weighted by atomic mass is 19.1. The third-order valence-corrected chi connectivity index (χ3v) is 6.86. The molecule has 0 aliphatic rings. The average molecular weight is 557 g/mol. The lowest BCUT2D eigenvalue weighted by atomic mass is 9.94. The number of carboxylic acids is 1. The van der Waals surface area contributed by atoms with Crippen LogP contribution in [-0.4, -0.2) is 40.9 Å². The number of hydrogen-bond acceptors (Lipinski definition) is 3. The van der Waals surface area contributed by atoms with Crippen molar-refractivity contribution in [2.45, 2.75) is 26.3 Å². The van der Waals surface area contributed by atoms with E-state index < -0.39 is 23.5 Å². The summed E-state index contributed by atoms with van der Waals surface area (Å²) in [6.07, 6.45) is 0.340. The molecule has 41 heavy (non-hydrogen) atoms. The van der Waals surface area contributed by atoms with Crippen molar-refractivity contribution in [3.8, 4) is 11.1 Å². The first-order chi connectivity index (χ1) is 19.7. The van der Waals surface area contributed by atoms with E-state index in [-0.39, 0.29) is 36.5 Å². The van der Waals surface area contributed by atoms with E-state index in [1.54, 1.807) is 48.5 Å². The number of nitrogens with zero attached hydrogens (tertiary/aromatic N) is 1. The Hall–Kier alpha value is -4.85. The summed E-state index contributed by atoms with van der Waals surface area (Å²) in [5, 5.41) is 11.9. The minimum Gasteiger partial charge on any atom is -0.481 e. The second-order valence-corrected chi connectivity index (χ2v) is 9.62. The van der Waals surface area contributed by atoms with Crippen molar-refractivity contribution in [1.82, 2.24) is 10.2 Å². The van der Waals surface area contributed by atoms with Crippen molar-refractivity contribution in [3.63, 3.8) is 0 Å². The van der Waals surface area contributed by atoms with Gasteiger partial charge in [0.05, 0.1) is 6.42 Å². The molecule has 4 aromatic carbocycles. The minimum atomic E-state index is -1.01. The Bertz CT molecular complexity index is 1570. The van der Waals surface area contributed by atoms with Crippen LogP contribution in [0.25, 0.3) is 11.1 Å². The average Bonchev–Trinajstić information content (AvgIpc) is 2.98. The molecule has 0 aromatic heterocycles. The lowest BCUT2D eigenvalue weighted by molar-refractivity contribution is -0.137. The summed E-state index contributed by atoms with van der Waals surface area (Å²) in [4.78, 5) is 40.0. The normalized spacial score (nSPS) is 10.7. The molecule has 0 spiro atoms. The van der Waals surface area contributed by atoms with E-state index in [1.807, 2.05) is 31.2 Å². The summed E-state index contributed by atoms with van der Waals surface area (Å²) in [5.74, 6) is -3.13. The fourth-order valence-electron chi connectivity index (χ4n) is 4.63. The van der Waals surface area contributed by atoms with E-state index in [0.29, 0.717) is 29.7 Å². The molecule has 210 valence electrons. The molecule has 0 fully saturated rings. The van der Waals surface area contributed by atoms with Gasteiger partial charge in [0.1, 0.15) is 11.6 Å². The van der Waals surface area contributed by atoms with E-state index in [0.717, 1.165) is 29.3 Å². The quantitative estimate of drug-likeness (QED) is 0.236. The maximum Gasteiger partial charge on any atom is 0.305 e. The topological polar surface area (TPSA) is 86.7 Å². The number of nitrogens with one attached hydrogen (secondary N) is 1. The summed E-state index contributed by atoms with van der Waals surface area (Å²) in [5.41, 5.74) is 3.69. The van der Waals surface area contributed by atoms with Crippen molar-refractivity contribution >= 4 is 17.8 Å². The van der Waals surface area contributed by atoms with Crippen LogP contribution in [0.5, 0.6) is 0 Å². The SMILES string of the molecule is Cc1ccccc1CCN(CCC(=O)O)C(=O)c1ccccc1-c1ccccc1C(=O)NCc1cc(F)ccc1F. The number of rotatable bonds is 11. The lowest BCUT2D eigenvalue weighted by Gasteiger charge is -2.24. The highest BCUT2D eigenvalue weighted by Gasteiger charge is 2.23. The van der Waals surface area contributed by atoms with Gasteiger partial charge in [-0.2, -0.15) is 0 Å². The number of carbonyl (C=O) groups is 3. The Labute approximate surface area is 237 Å². The van der Waals surface area contributed by atoms with Gasteiger partial charge in [-0.25, -0.2) is 8.78 Å². The fourth-order valence-corrected chi connectivity index (χ4v) is 4.63. The molecule has 0 atom stereocenters. The van der Waals surface area contributed by atoms with Crippen LogP contribution in [0, 0.1) is 18.6 Å². The first kappa shape index (κ1) is 29.1. The molecular weight excluding hydrogens is 526 g/mol. The lowest BCUT2D eigenvalue weighted by Crippen LogP contribution is -2.35. The van der Waals surface area contributed by atoms with Crippen LogP contribution in [-0.2, 0) is 17.8 Å². The second kappa shape index (κ2) is 13.5. The summed E-state index contributed by atoms with van der Waals surface area (Å²) in [6, 6.07) is 24.4. The zero-order valence-electron chi connectivity index (χ0n) is 22.6. The minimum absolute atomic E-state index is 0.00846. The van der Waals surface area contributed by atoms with E-state index >= 15 is 0 Å². The van der Waals surface area contributed by atoms with Crippen LogP contribution < -0.4 is 5.32 Å². The van der Waals surface area contributed by atoms with Gasteiger partial charge in [0.2, 0.25) is 0 Å². The Kier molecular flexibility index (Phi) is 9.58. The summed E-state index contributed by atoms with van der Waals surface area (Å²) >= 11 is 0. The van der Waals surface area contributed by atoms with Gasteiger partial charge >= 0.3 is 5.97 Å². The van der Waals surface area contributed by atoms with E-state index in [2.05, 4.69) is 5.32 Å². The third kappa shape index (κ3) is 7.42. The Morgan fingerprint density at radius 2 is 1.41 bits per heavy atom. The molecule has 8 heteroatoms. The predicted octanol–water partition coefficient (Wildman–Crippen LogP) is 6.03. The molecule has 4 rings (SSSR count). The number of benzene rings is 4. The summed E-state index contributed by atoms with van der Waals surface area (Å²) < 4.78 is 27.7. The molecule has 2 amide bonds.